The first-order chi connectivity index (χ1) is 8.58. The van der Waals surface area contributed by atoms with Crippen molar-refractivity contribution in [3.63, 3.8) is 0 Å². The third-order valence-corrected chi connectivity index (χ3v) is 3.06. The van der Waals surface area contributed by atoms with E-state index >= 15 is 0 Å². The van der Waals surface area contributed by atoms with Gasteiger partial charge in [-0.15, -0.1) is 0 Å². The minimum atomic E-state index is -0.155. The van der Waals surface area contributed by atoms with Crippen LogP contribution in [-0.4, -0.2) is 35.9 Å². The second kappa shape index (κ2) is 5.14. The number of benzene rings is 1. The molecule has 1 aromatic carbocycles. The zero-order valence-electron chi connectivity index (χ0n) is 10.8. The highest BCUT2D eigenvalue weighted by Crippen LogP contribution is 2.18. The zero-order valence-corrected chi connectivity index (χ0v) is 10.8. The molecule has 0 aliphatic rings. The molecule has 2 aromatic rings. The SMILES string of the molecule is C[C@H](C(=O)Nc1ccc2cnccc2c1)N(C)C. The monoisotopic (exact) mass is 243 g/mol. The van der Waals surface area contributed by atoms with Crippen LogP contribution >= 0.6 is 0 Å². The molecule has 0 spiro atoms. The van der Waals surface area contributed by atoms with E-state index in [1.54, 1.807) is 6.20 Å². The van der Waals surface area contributed by atoms with Crippen molar-refractivity contribution >= 4 is 22.4 Å². The molecule has 0 saturated heterocycles. The first-order valence-corrected chi connectivity index (χ1v) is 5.89. The number of nitrogens with zero attached hydrogens (tertiary/aromatic N) is 2. The fourth-order valence-electron chi connectivity index (χ4n) is 1.64. The van der Waals surface area contributed by atoms with Gasteiger partial charge < -0.3 is 5.32 Å². The lowest BCUT2D eigenvalue weighted by Gasteiger charge is -2.19. The topological polar surface area (TPSA) is 45.2 Å². The van der Waals surface area contributed by atoms with Gasteiger partial charge in [0, 0.05) is 23.5 Å². The van der Waals surface area contributed by atoms with E-state index in [2.05, 4.69) is 10.3 Å². The Kier molecular flexibility index (Phi) is 3.58. The van der Waals surface area contributed by atoms with Crippen LogP contribution in [0.5, 0.6) is 0 Å². The lowest BCUT2D eigenvalue weighted by molar-refractivity contribution is -0.119. The highest BCUT2D eigenvalue weighted by atomic mass is 16.2. The van der Waals surface area contributed by atoms with Crippen LogP contribution < -0.4 is 5.32 Å². The molecule has 1 N–H and O–H groups in total. The van der Waals surface area contributed by atoms with E-state index in [9.17, 15) is 4.79 Å². The number of nitrogens with one attached hydrogen (secondary N) is 1. The van der Waals surface area contributed by atoms with Crippen LogP contribution in [-0.2, 0) is 4.79 Å². The fraction of sp³-hybridized carbons (Fsp3) is 0.286. The van der Waals surface area contributed by atoms with Gasteiger partial charge >= 0.3 is 0 Å². The Morgan fingerprint density at radius 1 is 1.28 bits per heavy atom. The summed E-state index contributed by atoms with van der Waals surface area (Å²) in [5.41, 5.74) is 0.812. The van der Waals surface area contributed by atoms with E-state index in [-0.39, 0.29) is 11.9 Å². The van der Waals surface area contributed by atoms with E-state index in [4.69, 9.17) is 0 Å². The van der Waals surface area contributed by atoms with Gasteiger partial charge in [-0.1, -0.05) is 6.07 Å². The third kappa shape index (κ3) is 2.65. The van der Waals surface area contributed by atoms with Gasteiger partial charge in [0.1, 0.15) is 0 Å². The van der Waals surface area contributed by atoms with Crippen LogP contribution in [0.4, 0.5) is 5.69 Å². The van der Waals surface area contributed by atoms with E-state index in [1.165, 1.54) is 0 Å². The molecule has 0 radical (unpaired) electrons. The second-order valence-corrected chi connectivity index (χ2v) is 4.57. The van der Waals surface area contributed by atoms with Crippen LogP contribution in [0.1, 0.15) is 6.92 Å². The molecule has 4 nitrogen and oxygen atoms in total. The molecule has 0 bridgehead atoms. The van der Waals surface area contributed by atoms with Gasteiger partial charge in [-0.05, 0) is 44.6 Å². The van der Waals surface area contributed by atoms with E-state index in [0.29, 0.717) is 0 Å². The van der Waals surface area contributed by atoms with Crippen molar-refractivity contribution in [3.05, 3.63) is 36.7 Å². The zero-order chi connectivity index (χ0) is 13.1. The van der Waals surface area contributed by atoms with E-state index in [1.807, 2.05) is 56.4 Å². The maximum atomic E-state index is 11.9. The number of hydrogen-bond donors (Lipinski definition) is 1. The summed E-state index contributed by atoms with van der Waals surface area (Å²) in [7, 11) is 3.77. The molecule has 1 aromatic heterocycles. The van der Waals surface area contributed by atoms with Gasteiger partial charge in [0.05, 0.1) is 6.04 Å². The first kappa shape index (κ1) is 12.5. The van der Waals surface area contributed by atoms with Gasteiger partial charge in [0.2, 0.25) is 5.91 Å². The normalized spacial score (nSPS) is 12.7. The minimum absolute atomic E-state index is 0.00611. The molecular formula is C14H17N3O. The van der Waals surface area contributed by atoms with Crippen molar-refractivity contribution in [3.8, 4) is 0 Å². The van der Waals surface area contributed by atoms with Crippen molar-refractivity contribution in [1.82, 2.24) is 9.88 Å². The Balaban J connectivity index is 2.19. The number of pyridine rings is 1. The fourth-order valence-corrected chi connectivity index (χ4v) is 1.64. The van der Waals surface area contributed by atoms with Gasteiger partial charge in [-0.3, -0.25) is 14.7 Å². The average Bonchev–Trinajstić information content (AvgIpc) is 2.37. The van der Waals surface area contributed by atoms with E-state index < -0.39 is 0 Å². The largest absolute Gasteiger partial charge is 0.325 e. The molecule has 0 fully saturated rings. The first-order valence-electron chi connectivity index (χ1n) is 5.89. The van der Waals surface area contributed by atoms with Crippen LogP contribution in [0.2, 0.25) is 0 Å². The van der Waals surface area contributed by atoms with Crippen molar-refractivity contribution < 1.29 is 4.79 Å². The Bertz CT molecular complexity index is 566. The van der Waals surface area contributed by atoms with Crippen LogP contribution in [0.15, 0.2) is 36.7 Å². The van der Waals surface area contributed by atoms with E-state index in [0.717, 1.165) is 16.5 Å². The van der Waals surface area contributed by atoms with Crippen molar-refractivity contribution in [2.45, 2.75) is 13.0 Å². The number of carbonyl (C=O) groups is 1. The third-order valence-electron chi connectivity index (χ3n) is 3.06. The molecule has 0 aliphatic heterocycles. The van der Waals surface area contributed by atoms with Crippen molar-refractivity contribution in [2.24, 2.45) is 0 Å². The number of rotatable bonds is 3. The lowest BCUT2D eigenvalue weighted by atomic mass is 10.1. The molecule has 94 valence electrons. The Labute approximate surface area is 107 Å². The van der Waals surface area contributed by atoms with Gasteiger partial charge in [-0.25, -0.2) is 0 Å². The van der Waals surface area contributed by atoms with Gasteiger partial charge in [-0.2, -0.15) is 0 Å². The van der Waals surface area contributed by atoms with Gasteiger partial charge in [0.25, 0.3) is 0 Å². The molecule has 1 amide bonds. The number of amides is 1. The molecule has 1 heterocycles. The Morgan fingerprint density at radius 3 is 2.78 bits per heavy atom. The highest BCUT2D eigenvalue weighted by Gasteiger charge is 2.14. The summed E-state index contributed by atoms with van der Waals surface area (Å²) >= 11 is 0. The number of aromatic nitrogens is 1. The molecular weight excluding hydrogens is 226 g/mol. The van der Waals surface area contributed by atoms with Crippen LogP contribution in [0.25, 0.3) is 10.8 Å². The Hall–Kier alpha value is -1.94. The van der Waals surface area contributed by atoms with Crippen molar-refractivity contribution in [1.29, 1.82) is 0 Å². The van der Waals surface area contributed by atoms with Crippen molar-refractivity contribution in [2.75, 3.05) is 19.4 Å². The number of likely N-dealkylation sites (N-methyl/N-ethyl adjacent to an activating group) is 1. The van der Waals surface area contributed by atoms with Crippen LogP contribution in [0.3, 0.4) is 0 Å². The number of fused-ring (bicyclic) bond motifs is 1. The number of hydrogen-bond acceptors (Lipinski definition) is 3. The molecule has 0 aliphatic carbocycles. The molecule has 1 atom stereocenters. The molecule has 0 saturated carbocycles. The average molecular weight is 243 g/mol. The molecule has 18 heavy (non-hydrogen) atoms. The molecule has 0 unspecified atom stereocenters. The summed E-state index contributed by atoms with van der Waals surface area (Å²) in [6.45, 7) is 1.88. The quantitative estimate of drug-likeness (QED) is 0.898. The highest BCUT2D eigenvalue weighted by molar-refractivity contribution is 5.96. The lowest BCUT2D eigenvalue weighted by Crippen LogP contribution is -2.37. The summed E-state index contributed by atoms with van der Waals surface area (Å²) in [5, 5.41) is 5.05. The number of anilines is 1. The standard InChI is InChI=1S/C14H17N3O/c1-10(17(2)3)14(18)16-13-5-4-12-9-15-7-6-11(12)8-13/h4-10H,1-3H3,(H,16,18)/t10-/m1/s1. The summed E-state index contributed by atoms with van der Waals surface area (Å²) in [5.74, 6) is -0.00611. The predicted molar refractivity (Wildman–Crippen MR) is 73.5 cm³/mol. The maximum absolute atomic E-state index is 11.9. The second-order valence-electron chi connectivity index (χ2n) is 4.57. The summed E-state index contributed by atoms with van der Waals surface area (Å²) in [6, 6.07) is 7.58. The van der Waals surface area contributed by atoms with Gasteiger partial charge in [0.15, 0.2) is 0 Å². The maximum Gasteiger partial charge on any atom is 0.241 e. The summed E-state index contributed by atoms with van der Waals surface area (Å²) < 4.78 is 0. The predicted octanol–water partition coefficient (Wildman–Crippen LogP) is 2.12. The molecule has 4 heteroatoms. The Morgan fingerprint density at radius 2 is 2.06 bits per heavy atom. The number of carbonyl (C=O) groups excluding carboxylic acids is 1. The minimum Gasteiger partial charge on any atom is -0.325 e. The van der Waals surface area contributed by atoms with Crippen LogP contribution in [0, 0.1) is 0 Å². The summed E-state index contributed by atoms with van der Waals surface area (Å²) in [6.07, 6.45) is 3.56. The molecule has 2 rings (SSSR count). The smallest absolute Gasteiger partial charge is 0.241 e. The summed E-state index contributed by atoms with van der Waals surface area (Å²) in [4.78, 5) is 17.9.